The average molecular weight is 758 g/mol. The fourth-order valence-corrected chi connectivity index (χ4v) is 5.37. The van der Waals surface area contributed by atoms with Crippen LogP contribution in [0, 0.1) is 0 Å². The maximum absolute atomic E-state index is 14.0. The number of benzene rings is 3. The maximum Gasteiger partial charge on any atom is 1.00 e. The number of alkyl halides is 9. The first-order chi connectivity index (χ1) is 23.2. The summed E-state index contributed by atoms with van der Waals surface area (Å²) in [7, 11) is 0. The monoisotopic (exact) mass is 757 g/mol. The van der Waals surface area contributed by atoms with Crippen LogP contribution in [0.3, 0.4) is 0 Å². The second-order valence-electron chi connectivity index (χ2n) is 11.6. The van der Waals surface area contributed by atoms with E-state index in [1.807, 2.05) is 19.9 Å². The summed E-state index contributed by atoms with van der Waals surface area (Å²) in [6.07, 6.45) is -12.9. The molecule has 1 aromatic heterocycles. The molecule has 0 aliphatic rings. The smallest absolute Gasteiger partial charge is 1.00 e. The van der Waals surface area contributed by atoms with Gasteiger partial charge in [0.25, 0.3) is 0 Å². The summed E-state index contributed by atoms with van der Waals surface area (Å²) < 4.78 is 130. The quantitative estimate of drug-likeness (QED) is 0.0915. The number of aliphatic carboxylic acids is 1. The zero-order valence-electron chi connectivity index (χ0n) is 28.3. The third-order valence-corrected chi connectivity index (χ3v) is 7.72. The number of carbonyl (C=O) groups is 1. The Labute approximate surface area is 315 Å². The predicted molar refractivity (Wildman–Crippen MR) is 168 cm³/mol. The Hall–Kier alpha value is -3.53. The summed E-state index contributed by atoms with van der Waals surface area (Å²) in [5.74, 6) is -1.25. The molecule has 270 valence electrons. The van der Waals surface area contributed by atoms with Gasteiger partial charge >= 0.3 is 54.1 Å². The molecule has 0 aliphatic heterocycles. The van der Waals surface area contributed by atoms with Crippen molar-refractivity contribution in [3.8, 4) is 16.9 Å². The van der Waals surface area contributed by atoms with E-state index in [0.717, 1.165) is 35.0 Å². The van der Waals surface area contributed by atoms with Gasteiger partial charge in [0.15, 0.2) is 5.75 Å². The van der Waals surface area contributed by atoms with Gasteiger partial charge < -0.3 is 16.2 Å². The van der Waals surface area contributed by atoms with E-state index in [4.69, 9.17) is 21.4 Å². The van der Waals surface area contributed by atoms with Gasteiger partial charge in [-0.15, -0.1) is 0 Å². The van der Waals surface area contributed by atoms with E-state index in [1.165, 1.54) is 0 Å². The van der Waals surface area contributed by atoms with Crippen molar-refractivity contribution in [1.82, 2.24) is 9.97 Å². The Kier molecular flexibility index (Phi) is 13.9. The molecule has 17 heteroatoms. The number of carboxylic acids is 1. The van der Waals surface area contributed by atoms with E-state index in [0.29, 0.717) is 17.7 Å². The fourth-order valence-electron chi connectivity index (χ4n) is 5.02. The largest absolute Gasteiger partial charge is 1.00 e. The minimum atomic E-state index is -5.15. The molecule has 4 rings (SSSR count). The van der Waals surface area contributed by atoms with Crippen molar-refractivity contribution in [2.24, 2.45) is 0 Å². The molecule has 0 aliphatic carbocycles. The Balaban J connectivity index is 0.00000468. The molecule has 0 saturated carbocycles. The van der Waals surface area contributed by atoms with E-state index >= 15 is 0 Å². The van der Waals surface area contributed by atoms with Gasteiger partial charge in [-0.3, -0.25) is 4.79 Å². The standard InChI is InChI=1S/C34H29ClF9N3O3.Na.H/c1-19(2)21-5-3-6-22(11-21)30-23(12-26(14-28(30)35)34(42,43)44)18-47(31-45-15-27(16-46-31)50-8-4-7-29(48)49)17-20-9-24(32(36,37)38)13-25(10-20)33(39,40)41;;/h3,5-6,9-16,19H,4,7-8,17-18H2,1-2H3,(H,48,49);;/q;+1;-1. The van der Waals surface area contributed by atoms with E-state index in [-0.39, 0.29) is 90.3 Å². The van der Waals surface area contributed by atoms with Crippen LogP contribution < -0.4 is 39.2 Å². The first-order valence-electron chi connectivity index (χ1n) is 14.9. The van der Waals surface area contributed by atoms with Crippen LogP contribution in [0.4, 0.5) is 45.5 Å². The first-order valence-corrected chi connectivity index (χ1v) is 15.3. The van der Waals surface area contributed by atoms with Crippen LogP contribution in [0.5, 0.6) is 5.75 Å². The second kappa shape index (κ2) is 16.9. The number of halogens is 10. The number of rotatable bonds is 12. The minimum absolute atomic E-state index is 0. The molecule has 0 unspecified atom stereocenters. The van der Waals surface area contributed by atoms with Crippen molar-refractivity contribution >= 4 is 23.5 Å². The number of carboxylic acid groups (broad SMARTS) is 1. The van der Waals surface area contributed by atoms with E-state index in [2.05, 4.69) is 9.97 Å². The zero-order chi connectivity index (χ0) is 37.0. The van der Waals surface area contributed by atoms with Crippen molar-refractivity contribution in [3.05, 3.63) is 105 Å². The van der Waals surface area contributed by atoms with Gasteiger partial charge in [-0.25, -0.2) is 9.97 Å². The van der Waals surface area contributed by atoms with E-state index in [1.54, 1.807) is 18.2 Å². The van der Waals surface area contributed by atoms with Crippen LogP contribution in [0.2, 0.25) is 5.02 Å². The molecule has 0 radical (unpaired) electrons. The van der Waals surface area contributed by atoms with Crippen LogP contribution >= 0.6 is 11.6 Å². The molecule has 4 aromatic rings. The molecule has 0 fully saturated rings. The summed E-state index contributed by atoms with van der Waals surface area (Å²) in [5, 5.41) is 8.51. The molecular weight excluding hydrogens is 728 g/mol. The molecule has 0 atom stereocenters. The van der Waals surface area contributed by atoms with Gasteiger partial charge in [-0.2, -0.15) is 39.5 Å². The molecule has 6 nitrogen and oxygen atoms in total. The Morgan fingerprint density at radius 3 is 1.96 bits per heavy atom. The first kappa shape index (κ1) is 41.9. The Bertz CT molecular complexity index is 1790. The number of hydrogen-bond acceptors (Lipinski definition) is 5. The molecule has 51 heavy (non-hydrogen) atoms. The van der Waals surface area contributed by atoms with Gasteiger partial charge in [0.2, 0.25) is 5.95 Å². The Morgan fingerprint density at radius 1 is 0.863 bits per heavy atom. The maximum atomic E-state index is 14.0. The zero-order valence-corrected chi connectivity index (χ0v) is 30.1. The molecule has 0 saturated heterocycles. The van der Waals surface area contributed by atoms with Gasteiger partial charge in [0.1, 0.15) is 0 Å². The van der Waals surface area contributed by atoms with Crippen molar-refractivity contribution in [3.63, 3.8) is 0 Å². The number of ether oxygens (including phenoxy) is 1. The van der Waals surface area contributed by atoms with Crippen LogP contribution in [-0.4, -0.2) is 27.7 Å². The summed E-state index contributed by atoms with van der Waals surface area (Å²) in [6, 6.07) is 9.36. The van der Waals surface area contributed by atoms with E-state index < -0.39 is 59.8 Å². The molecule has 0 amide bonds. The van der Waals surface area contributed by atoms with Gasteiger partial charge in [-0.1, -0.05) is 49.7 Å². The van der Waals surface area contributed by atoms with Gasteiger partial charge in [0, 0.05) is 30.1 Å². The third-order valence-electron chi connectivity index (χ3n) is 7.42. The van der Waals surface area contributed by atoms with Crippen LogP contribution in [-0.2, 0) is 36.4 Å². The van der Waals surface area contributed by atoms with Crippen LogP contribution in [0.15, 0.2) is 67.0 Å². The number of anilines is 1. The molecule has 1 N–H and O–H groups in total. The Morgan fingerprint density at radius 2 is 1.43 bits per heavy atom. The normalized spacial score (nSPS) is 12.1. The van der Waals surface area contributed by atoms with Crippen molar-refractivity contribution < 1.29 is 85.1 Å². The van der Waals surface area contributed by atoms with Crippen LogP contribution in [0.1, 0.15) is 67.4 Å². The van der Waals surface area contributed by atoms with E-state index in [9.17, 15) is 44.3 Å². The molecule has 0 spiro atoms. The van der Waals surface area contributed by atoms with Gasteiger partial charge in [-0.05, 0) is 64.9 Å². The molecule has 1 heterocycles. The number of nitrogens with zero attached hydrogens (tertiary/aromatic N) is 3. The van der Waals surface area contributed by atoms with Gasteiger partial charge in [0.05, 0.1) is 35.7 Å². The SMILES string of the molecule is CC(C)c1cccc(-c2c(Cl)cc(C(F)(F)F)cc2CN(Cc2cc(C(F)(F)F)cc(C(F)(F)F)c2)c2ncc(OCCCC(=O)O)cn2)c1.[H-].[Na+]. The van der Waals surface area contributed by atoms with Crippen molar-refractivity contribution in [1.29, 1.82) is 0 Å². The minimum Gasteiger partial charge on any atom is -1.00 e. The molecule has 0 bridgehead atoms. The summed E-state index contributed by atoms with van der Waals surface area (Å²) in [6.45, 7) is 2.52. The van der Waals surface area contributed by atoms with Crippen molar-refractivity contribution in [2.75, 3.05) is 11.5 Å². The number of aromatic nitrogens is 2. The predicted octanol–water partition coefficient (Wildman–Crippen LogP) is 7.54. The summed E-state index contributed by atoms with van der Waals surface area (Å²) >= 11 is 6.49. The fraction of sp³-hybridized carbons (Fsp3) is 0.324. The topological polar surface area (TPSA) is 75.6 Å². The van der Waals surface area contributed by atoms with Crippen molar-refractivity contribution in [2.45, 2.75) is 64.2 Å². The molecular formula is C34H30ClF9N3NaO3. The third kappa shape index (κ3) is 11.5. The average Bonchev–Trinajstić information content (AvgIpc) is 3.01. The second-order valence-corrected chi connectivity index (χ2v) is 12.0. The summed E-state index contributed by atoms with van der Waals surface area (Å²) in [5.41, 5.74) is -3.43. The molecule has 3 aromatic carbocycles. The summed E-state index contributed by atoms with van der Waals surface area (Å²) in [4.78, 5) is 20.1. The van der Waals surface area contributed by atoms with Crippen LogP contribution in [0.25, 0.3) is 11.1 Å². The number of hydrogen-bond donors (Lipinski definition) is 1.